The molecule has 9 rings (SSSR count). The summed E-state index contributed by atoms with van der Waals surface area (Å²) in [5, 5.41) is 4.58. The molecule has 0 fully saturated rings. The van der Waals surface area contributed by atoms with E-state index in [9.17, 15) is 0 Å². The monoisotopic (exact) mass is 612 g/mol. The van der Waals surface area contributed by atoms with Gasteiger partial charge in [0.1, 0.15) is 0 Å². The highest BCUT2D eigenvalue weighted by Gasteiger charge is 2.14. The lowest BCUT2D eigenvalue weighted by molar-refractivity contribution is 1.31. The Bertz CT molecular complexity index is 2520. The van der Waals surface area contributed by atoms with Gasteiger partial charge in [-0.2, -0.15) is 0 Å². The van der Waals surface area contributed by atoms with Crippen LogP contribution in [0.5, 0.6) is 0 Å². The van der Waals surface area contributed by atoms with Crippen LogP contribution in [0.25, 0.3) is 88.2 Å². The minimum Gasteiger partial charge on any atom is -0.264 e. The normalized spacial score (nSPS) is 11.3. The SMILES string of the molecule is c1cncc(-c2cc(-c3cccnc3)cc(-c3cccc(-c4ccccc4-c4ccc5c(c4)c4ccccc4c4nccnc54)c3)c2)c1. The van der Waals surface area contributed by atoms with Crippen LogP contribution >= 0.6 is 0 Å². The van der Waals surface area contributed by atoms with E-state index in [4.69, 9.17) is 9.97 Å². The standard InChI is InChI=1S/C44H28N4/c1-2-13-38(31-16-17-41-42(26-31)39-14-3-4-15-40(39)43-44(41)48-21-20-47-43)37(12-1)30-9-5-8-29(22-30)34-23-35(32-10-6-18-45-27-32)25-36(24-34)33-11-7-19-46-28-33/h1-28H. The van der Waals surface area contributed by atoms with E-state index in [0.717, 1.165) is 66.3 Å². The van der Waals surface area contributed by atoms with Crippen LogP contribution in [0.3, 0.4) is 0 Å². The number of rotatable bonds is 5. The molecule has 0 unspecified atom stereocenters. The van der Waals surface area contributed by atoms with Crippen molar-refractivity contribution in [2.75, 3.05) is 0 Å². The molecule has 4 heteroatoms. The van der Waals surface area contributed by atoms with Gasteiger partial charge in [0.05, 0.1) is 11.0 Å². The van der Waals surface area contributed by atoms with Crippen molar-refractivity contribution in [3.8, 4) is 55.6 Å². The molecular formula is C44H28N4. The summed E-state index contributed by atoms with van der Waals surface area (Å²) in [4.78, 5) is 18.2. The summed E-state index contributed by atoms with van der Waals surface area (Å²) in [6, 6.07) is 47.6. The number of benzene rings is 6. The molecule has 4 nitrogen and oxygen atoms in total. The van der Waals surface area contributed by atoms with Gasteiger partial charge in [-0.05, 0) is 97.7 Å². The predicted molar refractivity (Wildman–Crippen MR) is 197 cm³/mol. The number of nitrogens with zero attached hydrogens (tertiary/aromatic N) is 4. The summed E-state index contributed by atoms with van der Waals surface area (Å²) >= 11 is 0. The lowest BCUT2D eigenvalue weighted by atomic mass is 9.89. The summed E-state index contributed by atoms with van der Waals surface area (Å²) in [6.45, 7) is 0. The van der Waals surface area contributed by atoms with Crippen LogP contribution in [0.15, 0.2) is 171 Å². The van der Waals surface area contributed by atoms with Crippen LogP contribution in [0, 0.1) is 0 Å². The molecule has 0 aliphatic carbocycles. The molecule has 0 spiro atoms. The van der Waals surface area contributed by atoms with Crippen LogP contribution in [0.2, 0.25) is 0 Å². The van der Waals surface area contributed by atoms with Crippen LogP contribution < -0.4 is 0 Å². The average Bonchev–Trinajstić information content (AvgIpc) is 3.18. The van der Waals surface area contributed by atoms with E-state index in [-0.39, 0.29) is 0 Å². The summed E-state index contributed by atoms with van der Waals surface area (Å²) in [6.07, 6.45) is 11.0. The molecule has 0 amide bonds. The fourth-order valence-corrected chi connectivity index (χ4v) is 6.85. The van der Waals surface area contributed by atoms with Gasteiger partial charge in [0.25, 0.3) is 0 Å². The topological polar surface area (TPSA) is 51.6 Å². The van der Waals surface area contributed by atoms with Crippen molar-refractivity contribution in [2.45, 2.75) is 0 Å². The second-order valence-electron chi connectivity index (χ2n) is 12.0. The minimum atomic E-state index is 0.929. The van der Waals surface area contributed by atoms with Gasteiger partial charge in [-0.15, -0.1) is 0 Å². The van der Waals surface area contributed by atoms with Crippen molar-refractivity contribution in [1.82, 2.24) is 19.9 Å². The molecule has 0 aliphatic rings. The van der Waals surface area contributed by atoms with Gasteiger partial charge in [0.2, 0.25) is 0 Å². The van der Waals surface area contributed by atoms with E-state index < -0.39 is 0 Å². The first-order valence-electron chi connectivity index (χ1n) is 16.0. The summed E-state index contributed by atoms with van der Waals surface area (Å²) in [5.74, 6) is 0. The first kappa shape index (κ1) is 27.8. The quantitative estimate of drug-likeness (QED) is 0.181. The number of fused-ring (bicyclic) bond motifs is 6. The summed E-state index contributed by atoms with van der Waals surface area (Å²) in [7, 11) is 0. The fourth-order valence-electron chi connectivity index (χ4n) is 6.85. The molecule has 6 aromatic carbocycles. The molecule has 0 atom stereocenters. The molecular weight excluding hydrogens is 585 g/mol. The molecule has 0 saturated heterocycles. The van der Waals surface area contributed by atoms with Gasteiger partial charge >= 0.3 is 0 Å². The Morgan fingerprint density at radius 3 is 1.42 bits per heavy atom. The second-order valence-corrected chi connectivity index (χ2v) is 12.0. The second kappa shape index (κ2) is 11.7. The van der Waals surface area contributed by atoms with E-state index in [0.29, 0.717) is 0 Å². The number of hydrogen-bond donors (Lipinski definition) is 0. The smallest absolute Gasteiger partial charge is 0.0971 e. The Morgan fingerprint density at radius 1 is 0.292 bits per heavy atom. The van der Waals surface area contributed by atoms with Crippen molar-refractivity contribution in [3.63, 3.8) is 0 Å². The van der Waals surface area contributed by atoms with Crippen LogP contribution in [0.1, 0.15) is 0 Å². The number of hydrogen-bond acceptors (Lipinski definition) is 4. The Balaban J connectivity index is 1.19. The third-order valence-electron chi connectivity index (χ3n) is 9.11. The lowest BCUT2D eigenvalue weighted by Gasteiger charge is -2.15. The van der Waals surface area contributed by atoms with Gasteiger partial charge in [-0.3, -0.25) is 19.9 Å². The molecule has 0 saturated carbocycles. The molecule has 3 heterocycles. The molecule has 0 bridgehead atoms. The van der Waals surface area contributed by atoms with Crippen molar-refractivity contribution in [2.24, 2.45) is 0 Å². The summed E-state index contributed by atoms with van der Waals surface area (Å²) < 4.78 is 0. The molecule has 0 N–H and O–H groups in total. The van der Waals surface area contributed by atoms with Crippen molar-refractivity contribution in [1.29, 1.82) is 0 Å². The van der Waals surface area contributed by atoms with Crippen molar-refractivity contribution in [3.05, 3.63) is 171 Å². The minimum absolute atomic E-state index is 0.929. The van der Waals surface area contributed by atoms with Gasteiger partial charge in [-0.25, -0.2) is 0 Å². The Morgan fingerprint density at radius 2 is 0.792 bits per heavy atom. The molecule has 0 aliphatic heterocycles. The van der Waals surface area contributed by atoms with Gasteiger partial charge in [-0.1, -0.05) is 91.0 Å². The average molecular weight is 613 g/mol. The highest BCUT2D eigenvalue weighted by Crippen LogP contribution is 2.40. The van der Waals surface area contributed by atoms with Crippen molar-refractivity contribution < 1.29 is 0 Å². The van der Waals surface area contributed by atoms with Crippen molar-refractivity contribution >= 4 is 32.6 Å². The number of pyridine rings is 2. The van der Waals surface area contributed by atoms with Gasteiger partial charge in [0.15, 0.2) is 0 Å². The Labute approximate surface area is 278 Å². The van der Waals surface area contributed by atoms with E-state index in [2.05, 4.69) is 131 Å². The first-order valence-corrected chi connectivity index (χ1v) is 16.0. The number of aromatic nitrogens is 4. The maximum Gasteiger partial charge on any atom is 0.0971 e. The molecule has 9 aromatic rings. The third-order valence-corrected chi connectivity index (χ3v) is 9.11. The van der Waals surface area contributed by atoms with E-state index in [1.54, 1.807) is 12.4 Å². The Hall–Kier alpha value is -6.52. The maximum atomic E-state index is 4.75. The van der Waals surface area contributed by atoms with Crippen LogP contribution in [-0.4, -0.2) is 19.9 Å². The molecule has 224 valence electrons. The highest BCUT2D eigenvalue weighted by molar-refractivity contribution is 6.23. The molecule has 48 heavy (non-hydrogen) atoms. The van der Waals surface area contributed by atoms with E-state index in [1.807, 2.05) is 36.9 Å². The zero-order valence-corrected chi connectivity index (χ0v) is 26.0. The maximum absolute atomic E-state index is 4.75. The molecule has 3 aromatic heterocycles. The summed E-state index contributed by atoms with van der Waals surface area (Å²) in [5.41, 5.74) is 13.2. The predicted octanol–water partition coefficient (Wildman–Crippen LogP) is 11.1. The van der Waals surface area contributed by atoms with E-state index in [1.165, 1.54) is 21.9 Å². The zero-order chi connectivity index (χ0) is 31.9. The Kier molecular flexibility index (Phi) is 6.76. The zero-order valence-electron chi connectivity index (χ0n) is 26.0. The highest BCUT2D eigenvalue weighted by atomic mass is 14.8. The first-order chi connectivity index (χ1) is 23.8. The third kappa shape index (κ3) is 4.88. The van der Waals surface area contributed by atoms with Gasteiger partial charge < -0.3 is 0 Å². The fraction of sp³-hybridized carbons (Fsp3) is 0. The van der Waals surface area contributed by atoms with Crippen LogP contribution in [-0.2, 0) is 0 Å². The van der Waals surface area contributed by atoms with Crippen LogP contribution in [0.4, 0.5) is 0 Å². The van der Waals surface area contributed by atoms with Gasteiger partial charge in [0, 0.05) is 59.1 Å². The molecule has 0 radical (unpaired) electrons. The van der Waals surface area contributed by atoms with E-state index >= 15 is 0 Å². The lowest BCUT2D eigenvalue weighted by Crippen LogP contribution is -1.90. The largest absolute Gasteiger partial charge is 0.264 e.